The summed E-state index contributed by atoms with van der Waals surface area (Å²) in [6.07, 6.45) is -1.00. The lowest BCUT2D eigenvalue weighted by atomic mass is 9.86. The third-order valence-electron chi connectivity index (χ3n) is 10.9. The van der Waals surface area contributed by atoms with Crippen molar-refractivity contribution in [3.8, 4) is 33.8 Å². The van der Waals surface area contributed by atoms with Crippen LogP contribution in [-0.2, 0) is 25.7 Å². The van der Waals surface area contributed by atoms with Gasteiger partial charge in [0.05, 0.1) is 0 Å². The van der Waals surface area contributed by atoms with Crippen molar-refractivity contribution in [2.75, 3.05) is 0 Å². The van der Waals surface area contributed by atoms with E-state index in [4.69, 9.17) is 0 Å². The maximum atomic E-state index is 14.9. The van der Waals surface area contributed by atoms with Gasteiger partial charge in [-0.3, -0.25) is 0 Å². The number of hydrogen-bond donors (Lipinski definition) is 0. The first-order chi connectivity index (χ1) is 30.0. The van der Waals surface area contributed by atoms with Crippen molar-refractivity contribution in [2.24, 2.45) is 0 Å². The zero-order chi connectivity index (χ0) is 45.1. The van der Waals surface area contributed by atoms with Crippen molar-refractivity contribution in [3.05, 3.63) is 177 Å². The van der Waals surface area contributed by atoms with Crippen LogP contribution in [-0.4, -0.2) is 12.7 Å². The summed E-state index contributed by atoms with van der Waals surface area (Å²) in [5.74, 6) is -2.28. The molecule has 12 heteroatoms. The highest BCUT2D eigenvalue weighted by atomic mass is 19.4. The Morgan fingerprint density at radius 3 is 1.22 bits per heavy atom. The summed E-state index contributed by atoms with van der Waals surface area (Å²) in [6, 6.07) is 26.8. The van der Waals surface area contributed by atoms with E-state index in [1.54, 1.807) is 36.4 Å². The lowest BCUT2D eigenvalue weighted by Crippen LogP contribution is -2.16. The van der Waals surface area contributed by atoms with Gasteiger partial charge in [-0.05, 0) is 155 Å². The van der Waals surface area contributed by atoms with E-state index in [1.807, 2.05) is 32.1 Å². The van der Waals surface area contributed by atoms with Crippen LogP contribution in [0.3, 0.4) is 0 Å². The van der Waals surface area contributed by atoms with Crippen LogP contribution in [0.15, 0.2) is 109 Å². The average Bonchev–Trinajstić information content (AvgIpc) is 3.23. The normalized spacial score (nSPS) is 13.5. The molecule has 0 bridgehead atoms. The Morgan fingerprint density at radius 1 is 0.444 bits per heavy atom. The van der Waals surface area contributed by atoms with Gasteiger partial charge < -0.3 is 9.47 Å². The van der Waals surface area contributed by atoms with Crippen LogP contribution in [0.5, 0.6) is 11.5 Å². The zero-order valence-corrected chi connectivity index (χ0v) is 34.1. The molecule has 0 fully saturated rings. The smallest absolute Gasteiger partial charge is 0.406 e. The fourth-order valence-corrected chi connectivity index (χ4v) is 7.87. The van der Waals surface area contributed by atoms with Crippen molar-refractivity contribution < 1.29 is 53.4 Å². The highest BCUT2D eigenvalue weighted by Gasteiger charge is 2.32. The molecule has 6 aromatic rings. The van der Waals surface area contributed by atoms with E-state index in [2.05, 4.69) is 9.47 Å². The minimum atomic E-state index is -4.78. The maximum Gasteiger partial charge on any atom is 0.573 e. The van der Waals surface area contributed by atoms with E-state index >= 15 is 0 Å². The van der Waals surface area contributed by atoms with Crippen LogP contribution in [0.2, 0.25) is 0 Å². The number of alkyl halides is 6. The molecule has 63 heavy (non-hydrogen) atoms. The first kappa shape index (κ1) is 44.7. The summed E-state index contributed by atoms with van der Waals surface area (Å²) in [7, 11) is 0. The van der Waals surface area contributed by atoms with E-state index in [0.717, 1.165) is 76.9 Å². The summed E-state index contributed by atoms with van der Waals surface area (Å²) in [5, 5.41) is 0. The Morgan fingerprint density at radius 2 is 0.841 bits per heavy atom. The third kappa shape index (κ3) is 11.0. The molecule has 0 atom stereocenters. The van der Waals surface area contributed by atoms with Gasteiger partial charge in [0.1, 0.15) is 34.8 Å². The summed E-state index contributed by atoms with van der Waals surface area (Å²) >= 11 is 0. The molecule has 0 heterocycles. The van der Waals surface area contributed by atoms with Gasteiger partial charge >= 0.3 is 12.7 Å². The SMILES string of the molecule is CCCc1ccc(C2=Cc3cc(F)c(-c4ccc(OC(F)(F)F)cc4)cc3CC2)c(F)c1.CCc1ccc(C2=Cc3cc(F)c(-c4ccc(OC(F)(F)F)cc4)cc3CC2)c(F)c1. The average molecular weight is 875 g/mol. The minimum absolute atomic E-state index is 0.274. The van der Waals surface area contributed by atoms with Gasteiger partial charge in [0.2, 0.25) is 0 Å². The fourth-order valence-electron chi connectivity index (χ4n) is 7.87. The Balaban J connectivity index is 0.000000189. The number of allylic oxidation sites excluding steroid dienone is 2. The minimum Gasteiger partial charge on any atom is -0.406 e. The lowest BCUT2D eigenvalue weighted by molar-refractivity contribution is -0.275. The number of benzene rings is 6. The van der Waals surface area contributed by atoms with Crippen LogP contribution < -0.4 is 9.47 Å². The number of ether oxygens (including phenoxy) is 2. The summed E-state index contributed by atoms with van der Waals surface area (Å²) in [6.45, 7) is 4.00. The summed E-state index contributed by atoms with van der Waals surface area (Å²) in [5.41, 5.74) is 9.22. The second-order valence-electron chi connectivity index (χ2n) is 15.3. The summed E-state index contributed by atoms with van der Waals surface area (Å²) in [4.78, 5) is 0. The van der Waals surface area contributed by atoms with E-state index in [0.29, 0.717) is 70.2 Å². The van der Waals surface area contributed by atoms with Crippen molar-refractivity contribution >= 4 is 23.3 Å². The van der Waals surface area contributed by atoms with Crippen molar-refractivity contribution in [2.45, 2.75) is 71.5 Å². The number of hydrogen-bond acceptors (Lipinski definition) is 2. The molecular weight excluding hydrogens is 835 g/mol. The Hall–Kier alpha value is -6.30. The topological polar surface area (TPSA) is 18.5 Å². The van der Waals surface area contributed by atoms with Gasteiger partial charge in [-0.1, -0.05) is 81.0 Å². The highest BCUT2D eigenvalue weighted by molar-refractivity contribution is 5.87. The molecule has 6 aromatic carbocycles. The molecule has 2 aliphatic carbocycles. The van der Waals surface area contributed by atoms with E-state index in [9.17, 15) is 43.9 Å². The largest absolute Gasteiger partial charge is 0.573 e. The predicted molar refractivity (Wildman–Crippen MR) is 226 cm³/mol. The molecule has 0 spiro atoms. The number of halogens is 10. The Kier molecular flexibility index (Phi) is 13.2. The fraction of sp³-hybridized carbons (Fsp3) is 0.216. The molecule has 0 saturated carbocycles. The van der Waals surface area contributed by atoms with E-state index in [1.165, 1.54) is 42.5 Å². The van der Waals surface area contributed by atoms with Crippen LogP contribution in [0.1, 0.15) is 77.6 Å². The molecule has 0 unspecified atom stereocenters. The summed E-state index contributed by atoms with van der Waals surface area (Å²) < 4.78 is 141. The van der Waals surface area contributed by atoms with Gasteiger partial charge in [0.15, 0.2) is 0 Å². The van der Waals surface area contributed by atoms with Gasteiger partial charge in [-0.25, -0.2) is 17.6 Å². The molecular formula is C51H40F10O2. The third-order valence-corrected chi connectivity index (χ3v) is 10.9. The molecule has 0 radical (unpaired) electrons. The van der Waals surface area contributed by atoms with Crippen molar-refractivity contribution in [1.29, 1.82) is 0 Å². The highest BCUT2D eigenvalue weighted by Crippen LogP contribution is 2.38. The lowest BCUT2D eigenvalue weighted by Gasteiger charge is -2.19. The molecule has 8 rings (SSSR count). The van der Waals surface area contributed by atoms with Crippen LogP contribution in [0.25, 0.3) is 45.6 Å². The van der Waals surface area contributed by atoms with Crippen molar-refractivity contribution in [1.82, 2.24) is 0 Å². The number of aryl methyl sites for hydroxylation is 4. The number of fused-ring (bicyclic) bond motifs is 2. The first-order valence-corrected chi connectivity index (χ1v) is 20.3. The van der Waals surface area contributed by atoms with Crippen LogP contribution in [0.4, 0.5) is 43.9 Å². The van der Waals surface area contributed by atoms with Gasteiger partial charge in [-0.15, -0.1) is 26.3 Å². The maximum absolute atomic E-state index is 14.9. The molecule has 0 aliphatic heterocycles. The van der Waals surface area contributed by atoms with Gasteiger partial charge in [0.25, 0.3) is 0 Å². The molecule has 0 saturated heterocycles. The number of rotatable bonds is 9. The molecule has 2 aliphatic rings. The zero-order valence-electron chi connectivity index (χ0n) is 34.1. The second-order valence-corrected chi connectivity index (χ2v) is 15.3. The molecule has 326 valence electrons. The van der Waals surface area contributed by atoms with Gasteiger partial charge in [-0.2, -0.15) is 0 Å². The Labute approximate surface area is 358 Å². The van der Waals surface area contributed by atoms with Gasteiger partial charge in [0, 0.05) is 22.3 Å². The second kappa shape index (κ2) is 18.6. The van der Waals surface area contributed by atoms with E-state index in [-0.39, 0.29) is 23.1 Å². The quantitative estimate of drug-likeness (QED) is 0.135. The van der Waals surface area contributed by atoms with Crippen LogP contribution >= 0.6 is 0 Å². The van der Waals surface area contributed by atoms with Crippen molar-refractivity contribution in [3.63, 3.8) is 0 Å². The standard InChI is InChI=1S/C26H21F5O.C25H19F5O/c1-2-3-16-4-11-22(24(27)12-16)19-6-5-18-14-23(25(28)15-20(18)13-19)17-7-9-21(10-8-17)32-26(29,30)31;1-2-15-3-10-21(23(26)11-15)18-5-4-17-13-22(24(27)14-19(17)12-18)16-6-8-20(9-7-16)31-25(28,29)30/h4,7-15H,2-3,5-6H2,1H3;3,6-14H,2,4-5H2,1H3. The van der Waals surface area contributed by atoms with E-state index < -0.39 is 24.4 Å². The molecule has 2 nitrogen and oxygen atoms in total. The molecule has 0 aromatic heterocycles. The monoisotopic (exact) mass is 874 g/mol. The predicted octanol–water partition coefficient (Wildman–Crippen LogP) is 15.5. The Bertz CT molecular complexity index is 2670. The molecule has 0 N–H and O–H groups in total. The van der Waals surface area contributed by atoms with Crippen LogP contribution in [0, 0.1) is 23.3 Å². The molecule has 0 amide bonds. The first-order valence-electron chi connectivity index (χ1n) is 20.3.